The summed E-state index contributed by atoms with van der Waals surface area (Å²) in [6.45, 7) is 0. The van der Waals surface area contributed by atoms with Crippen LogP contribution >= 0.6 is 0 Å². The van der Waals surface area contributed by atoms with Gasteiger partial charge in [-0.15, -0.1) is 0 Å². The molecule has 1 atom stereocenters. The van der Waals surface area contributed by atoms with E-state index in [1.807, 2.05) is 30.3 Å². The lowest BCUT2D eigenvalue weighted by molar-refractivity contribution is 0.0575. The van der Waals surface area contributed by atoms with E-state index in [0.29, 0.717) is 11.1 Å². The van der Waals surface area contributed by atoms with Gasteiger partial charge in [0, 0.05) is 6.42 Å². The molecule has 0 saturated carbocycles. The Bertz CT molecular complexity index is 834. The van der Waals surface area contributed by atoms with Crippen LogP contribution in [0.1, 0.15) is 26.3 Å². The zero-order chi connectivity index (χ0) is 17.1. The van der Waals surface area contributed by atoms with Gasteiger partial charge in [0.05, 0.1) is 11.1 Å². The summed E-state index contributed by atoms with van der Waals surface area (Å²) < 4.78 is 0. The zero-order valence-electron chi connectivity index (χ0n) is 12.7. The number of rotatable bonds is 4. The lowest BCUT2D eigenvalue weighted by Crippen LogP contribution is -2.42. The van der Waals surface area contributed by atoms with E-state index in [2.05, 4.69) is 4.98 Å². The number of carbonyl (C=O) groups excluding carboxylic acids is 2. The molecule has 3 rings (SSSR count). The van der Waals surface area contributed by atoms with Crippen LogP contribution in [0.25, 0.3) is 4.98 Å². The predicted molar refractivity (Wildman–Crippen MR) is 86.7 cm³/mol. The largest absolute Gasteiger partial charge is 0.504 e. The molecule has 1 unspecified atom stereocenters. The molecular weight excluding hydrogens is 306 g/mol. The summed E-state index contributed by atoms with van der Waals surface area (Å²) in [7, 11) is 0. The fourth-order valence-electron chi connectivity index (χ4n) is 2.80. The Balaban J connectivity index is 2.01. The van der Waals surface area contributed by atoms with Gasteiger partial charge in [0.15, 0.2) is 4.98 Å². The molecule has 0 radical (unpaired) electrons. The van der Waals surface area contributed by atoms with Crippen LogP contribution in [0.15, 0.2) is 66.6 Å². The van der Waals surface area contributed by atoms with Crippen LogP contribution in [0.5, 0.6) is 0 Å². The van der Waals surface area contributed by atoms with Crippen molar-refractivity contribution >= 4 is 11.8 Å². The topological polar surface area (TPSA) is 85.8 Å². The van der Waals surface area contributed by atoms with Crippen molar-refractivity contribution in [3.05, 3.63) is 88.2 Å². The Morgan fingerprint density at radius 1 is 1.04 bits per heavy atom. The highest BCUT2D eigenvalue weighted by Gasteiger charge is 2.42. The van der Waals surface area contributed by atoms with E-state index in [-0.39, 0.29) is 12.2 Å². The fourth-order valence-corrected chi connectivity index (χ4v) is 2.80. The molecule has 1 N–H and O–H groups in total. The summed E-state index contributed by atoms with van der Waals surface area (Å²) in [6.07, 6.45) is 1.04. The number of diazo groups is 1. The summed E-state index contributed by atoms with van der Waals surface area (Å²) >= 11 is 0. The Morgan fingerprint density at radius 2 is 1.58 bits per heavy atom. The second-order valence-electron chi connectivity index (χ2n) is 5.40. The number of aliphatic hydroxyl groups is 1. The van der Waals surface area contributed by atoms with Crippen LogP contribution in [0.2, 0.25) is 0 Å². The third kappa shape index (κ3) is 2.63. The van der Waals surface area contributed by atoms with Crippen molar-refractivity contribution in [1.82, 2.24) is 4.90 Å². The van der Waals surface area contributed by atoms with E-state index in [1.165, 1.54) is 0 Å². The second-order valence-corrected chi connectivity index (χ2v) is 5.40. The summed E-state index contributed by atoms with van der Waals surface area (Å²) in [5.74, 6) is -1.32. The van der Waals surface area contributed by atoms with Crippen LogP contribution in [-0.4, -0.2) is 27.9 Å². The van der Waals surface area contributed by atoms with Crippen LogP contribution < -0.4 is 0 Å². The van der Waals surface area contributed by atoms with Crippen molar-refractivity contribution in [2.75, 3.05) is 0 Å². The Kier molecular flexibility index (Phi) is 4.08. The van der Waals surface area contributed by atoms with Crippen molar-refractivity contribution in [2.24, 2.45) is 0 Å². The molecule has 0 bridgehead atoms. The number of hydrogen-bond donors (Lipinski definition) is 1. The monoisotopic (exact) mass is 320 g/mol. The van der Waals surface area contributed by atoms with Crippen LogP contribution in [0.3, 0.4) is 0 Å². The minimum Gasteiger partial charge on any atom is -0.504 e. The standard InChI is InChI=1S/C18H13N3O3/c19-20-11-16(22)15(10-12-6-2-1-3-7-12)21-17(23)13-8-4-5-9-14(13)18(21)24/h1-9,11,15H,10H2/p+1. The summed E-state index contributed by atoms with van der Waals surface area (Å²) in [5, 5.41) is 18.9. The average Bonchev–Trinajstić information content (AvgIpc) is 2.86. The molecule has 0 saturated heterocycles. The van der Waals surface area contributed by atoms with Gasteiger partial charge in [-0.3, -0.25) is 14.5 Å². The second kappa shape index (κ2) is 6.34. The number of imide groups is 1. The van der Waals surface area contributed by atoms with Crippen LogP contribution in [-0.2, 0) is 6.42 Å². The van der Waals surface area contributed by atoms with Crippen LogP contribution in [0, 0.1) is 5.39 Å². The van der Waals surface area contributed by atoms with Gasteiger partial charge >= 0.3 is 6.20 Å². The van der Waals surface area contributed by atoms with Crippen LogP contribution in [0.4, 0.5) is 0 Å². The molecule has 2 aromatic rings. The summed E-state index contributed by atoms with van der Waals surface area (Å²) in [6, 6.07) is 14.7. The molecule has 2 amide bonds. The number of carbonyl (C=O) groups is 2. The maximum atomic E-state index is 12.6. The number of aliphatic hydroxyl groups excluding tert-OH is 1. The maximum Gasteiger partial charge on any atom is 0.389 e. The summed E-state index contributed by atoms with van der Waals surface area (Å²) in [5.41, 5.74) is 1.43. The molecule has 1 aliphatic heterocycles. The smallest absolute Gasteiger partial charge is 0.389 e. The molecule has 1 heterocycles. The van der Waals surface area contributed by atoms with E-state index >= 15 is 0 Å². The average molecular weight is 320 g/mol. The SMILES string of the molecule is N#[N+]C=C(O)C(Cc1ccccc1)N1C(=O)c2ccccc2C1=O. The highest BCUT2D eigenvalue weighted by atomic mass is 16.3. The first-order chi connectivity index (χ1) is 11.6. The van der Waals surface area contributed by atoms with Crippen molar-refractivity contribution in [2.45, 2.75) is 12.5 Å². The molecule has 6 nitrogen and oxygen atoms in total. The zero-order valence-corrected chi connectivity index (χ0v) is 12.7. The highest BCUT2D eigenvalue weighted by molar-refractivity contribution is 6.21. The summed E-state index contributed by atoms with van der Waals surface area (Å²) in [4.78, 5) is 29.1. The predicted octanol–water partition coefficient (Wildman–Crippen LogP) is 3.15. The third-order valence-electron chi connectivity index (χ3n) is 3.94. The quantitative estimate of drug-likeness (QED) is 0.533. The van der Waals surface area contributed by atoms with E-state index in [9.17, 15) is 14.7 Å². The van der Waals surface area contributed by atoms with Crippen molar-refractivity contribution < 1.29 is 14.7 Å². The number of fused-ring (bicyclic) bond motifs is 1. The minimum absolute atomic E-state index is 0.212. The van der Waals surface area contributed by atoms with Gasteiger partial charge in [-0.2, -0.15) is 0 Å². The normalized spacial score (nSPS) is 15.1. The van der Waals surface area contributed by atoms with Gasteiger partial charge in [0.25, 0.3) is 11.8 Å². The van der Waals surface area contributed by atoms with E-state index < -0.39 is 17.9 Å². The van der Waals surface area contributed by atoms with Crippen molar-refractivity contribution in [1.29, 1.82) is 5.39 Å². The molecule has 118 valence electrons. The number of benzene rings is 2. The first-order valence-electron chi connectivity index (χ1n) is 7.37. The molecule has 24 heavy (non-hydrogen) atoms. The highest BCUT2D eigenvalue weighted by Crippen LogP contribution is 2.28. The molecule has 0 aromatic heterocycles. The van der Waals surface area contributed by atoms with Gasteiger partial charge in [-0.25, -0.2) is 0 Å². The van der Waals surface area contributed by atoms with Gasteiger partial charge in [-0.05, 0) is 17.7 Å². The lowest BCUT2D eigenvalue weighted by atomic mass is 10.0. The number of nitrogens with zero attached hydrogens (tertiary/aromatic N) is 3. The van der Waals surface area contributed by atoms with Gasteiger partial charge < -0.3 is 5.11 Å². The lowest BCUT2D eigenvalue weighted by Gasteiger charge is -2.24. The molecule has 0 spiro atoms. The van der Waals surface area contributed by atoms with E-state index in [0.717, 1.165) is 16.7 Å². The molecule has 0 aliphatic carbocycles. The molecule has 1 aliphatic rings. The molecule has 0 fully saturated rings. The van der Waals surface area contributed by atoms with Gasteiger partial charge in [-0.1, -0.05) is 42.5 Å². The number of hydrogen-bond acceptors (Lipinski definition) is 4. The first kappa shape index (κ1) is 15.4. The van der Waals surface area contributed by atoms with E-state index in [4.69, 9.17) is 5.39 Å². The van der Waals surface area contributed by atoms with E-state index in [1.54, 1.807) is 24.3 Å². The van der Waals surface area contributed by atoms with Crippen molar-refractivity contribution in [3.8, 4) is 0 Å². The Labute approximate surface area is 138 Å². The fraction of sp³-hybridized carbons (Fsp3) is 0.111. The first-order valence-corrected chi connectivity index (χ1v) is 7.37. The third-order valence-corrected chi connectivity index (χ3v) is 3.94. The van der Waals surface area contributed by atoms with Gasteiger partial charge in [0.1, 0.15) is 6.04 Å². The minimum atomic E-state index is -0.948. The number of amides is 2. The Morgan fingerprint density at radius 3 is 2.12 bits per heavy atom. The molecular formula is C18H14N3O3+. The molecule has 2 aromatic carbocycles. The van der Waals surface area contributed by atoms with Gasteiger partial charge in [0.2, 0.25) is 11.2 Å². The van der Waals surface area contributed by atoms with Crippen molar-refractivity contribution in [3.63, 3.8) is 0 Å². The maximum absolute atomic E-state index is 12.6. The molecule has 6 heteroatoms. The Hall–Kier alpha value is -3.46.